The van der Waals surface area contributed by atoms with Crippen molar-refractivity contribution >= 4 is 17.0 Å². The molecule has 4 heteroatoms. The number of nitrogens with zero attached hydrogens (tertiary/aromatic N) is 2. The van der Waals surface area contributed by atoms with E-state index in [9.17, 15) is 0 Å². The molecule has 2 heterocycles. The largest absolute Gasteiger partial charge is 0.367 e. The Morgan fingerprint density at radius 1 is 1.33 bits per heavy atom. The summed E-state index contributed by atoms with van der Waals surface area (Å²) in [5, 5.41) is 5.61. The van der Waals surface area contributed by atoms with Crippen molar-refractivity contribution in [2.75, 3.05) is 11.9 Å². The highest BCUT2D eigenvalue weighted by molar-refractivity contribution is 7.10. The van der Waals surface area contributed by atoms with Gasteiger partial charge in [0.2, 0.25) is 0 Å². The summed E-state index contributed by atoms with van der Waals surface area (Å²) in [5.74, 6) is 0. The van der Waals surface area contributed by atoms with Gasteiger partial charge in [-0.15, -0.1) is 11.3 Å². The summed E-state index contributed by atoms with van der Waals surface area (Å²) in [4.78, 5) is 8.14. The standard InChI is InChI=1S/C17H25N3S/c1-13(16-7-6-10-21-16)20(5)15-8-9-18-14(11-15)12-19-17(2,3)4/h6-11,13,19H,12H2,1-5H3. The molecule has 0 aromatic carbocycles. The number of thiophene rings is 1. The molecule has 1 unspecified atom stereocenters. The molecule has 0 saturated carbocycles. The van der Waals surface area contributed by atoms with Gasteiger partial charge in [-0.2, -0.15) is 0 Å². The van der Waals surface area contributed by atoms with Crippen molar-refractivity contribution in [1.29, 1.82) is 0 Å². The van der Waals surface area contributed by atoms with Gasteiger partial charge in [0.25, 0.3) is 0 Å². The zero-order valence-corrected chi connectivity index (χ0v) is 14.4. The van der Waals surface area contributed by atoms with Crippen LogP contribution in [-0.4, -0.2) is 17.6 Å². The van der Waals surface area contributed by atoms with E-state index in [0.717, 1.165) is 12.2 Å². The molecule has 3 nitrogen and oxygen atoms in total. The van der Waals surface area contributed by atoms with Gasteiger partial charge in [-0.3, -0.25) is 4.98 Å². The molecular weight excluding hydrogens is 278 g/mol. The minimum absolute atomic E-state index is 0.105. The molecule has 1 N–H and O–H groups in total. The fraction of sp³-hybridized carbons (Fsp3) is 0.471. The molecule has 0 radical (unpaired) electrons. The van der Waals surface area contributed by atoms with E-state index < -0.39 is 0 Å². The maximum absolute atomic E-state index is 4.46. The summed E-state index contributed by atoms with van der Waals surface area (Å²) < 4.78 is 0. The summed E-state index contributed by atoms with van der Waals surface area (Å²) in [6.45, 7) is 9.53. The highest BCUT2D eigenvalue weighted by Crippen LogP contribution is 2.28. The molecule has 0 aliphatic carbocycles. The lowest BCUT2D eigenvalue weighted by Gasteiger charge is -2.27. The van der Waals surface area contributed by atoms with Crippen molar-refractivity contribution < 1.29 is 0 Å². The number of nitrogens with one attached hydrogen (secondary N) is 1. The molecule has 0 aliphatic heterocycles. The van der Waals surface area contributed by atoms with Crippen molar-refractivity contribution in [1.82, 2.24) is 10.3 Å². The Hall–Kier alpha value is -1.39. The summed E-state index contributed by atoms with van der Waals surface area (Å²) in [5.41, 5.74) is 2.39. The van der Waals surface area contributed by atoms with Crippen molar-refractivity contribution in [3.05, 3.63) is 46.4 Å². The summed E-state index contributed by atoms with van der Waals surface area (Å²) >= 11 is 1.80. The Morgan fingerprint density at radius 3 is 2.71 bits per heavy atom. The lowest BCUT2D eigenvalue weighted by Crippen LogP contribution is -2.35. The van der Waals surface area contributed by atoms with Gasteiger partial charge in [-0.1, -0.05) is 6.07 Å². The zero-order chi connectivity index (χ0) is 15.5. The molecule has 114 valence electrons. The van der Waals surface area contributed by atoms with Crippen molar-refractivity contribution in [3.63, 3.8) is 0 Å². The number of anilines is 1. The smallest absolute Gasteiger partial charge is 0.0603 e. The normalized spacial score (nSPS) is 13.2. The van der Waals surface area contributed by atoms with Gasteiger partial charge in [0.1, 0.15) is 0 Å². The molecular formula is C17H25N3S. The lowest BCUT2D eigenvalue weighted by molar-refractivity contribution is 0.421. The van der Waals surface area contributed by atoms with Gasteiger partial charge < -0.3 is 10.2 Å². The fourth-order valence-corrected chi connectivity index (χ4v) is 2.91. The first-order valence-corrected chi connectivity index (χ1v) is 8.21. The van der Waals surface area contributed by atoms with Gasteiger partial charge in [-0.05, 0) is 51.3 Å². The molecule has 2 aromatic heterocycles. The summed E-state index contributed by atoms with van der Waals surface area (Å²) in [7, 11) is 2.14. The maximum atomic E-state index is 4.46. The second kappa shape index (κ2) is 6.58. The van der Waals surface area contributed by atoms with Crippen LogP contribution in [0.25, 0.3) is 0 Å². The Labute approximate surface area is 132 Å². The minimum atomic E-state index is 0.105. The maximum Gasteiger partial charge on any atom is 0.0603 e. The van der Waals surface area contributed by atoms with Crippen LogP contribution in [0.1, 0.15) is 44.3 Å². The number of rotatable bonds is 5. The first-order valence-electron chi connectivity index (χ1n) is 7.33. The quantitative estimate of drug-likeness (QED) is 0.896. The number of hydrogen-bond donors (Lipinski definition) is 1. The Kier molecular flexibility index (Phi) is 5.01. The van der Waals surface area contributed by atoms with E-state index in [-0.39, 0.29) is 5.54 Å². The van der Waals surface area contributed by atoms with Gasteiger partial charge in [-0.25, -0.2) is 0 Å². The van der Waals surface area contributed by atoms with Gasteiger partial charge >= 0.3 is 0 Å². The zero-order valence-electron chi connectivity index (χ0n) is 13.6. The van der Waals surface area contributed by atoms with E-state index in [1.54, 1.807) is 11.3 Å². The van der Waals surface area contributed by atoms with E-state index in [0.29, 0.717) is 6.04 Å². The minimum Gasteiger partial charge on any atom is -0.367 e. The van der Waals surface area contributed by atoms with Gasteiger partial charge in [0, 0.05) is 35.9 Å². The van der Waals surface area contributed by atoms with Crippen LogP contribution in [0.5, 0.6) is 0 Å². The Bertz CT molecular complexity index is 558. The molecule has 0 fully saturated rings. The molecule has 0 amide bonds. The van der Waals surface area contributed by atoms with E-state index in [1.165, 1.54) is 10.6 Å². The van der Waals surface area contributed by atoms with Crippen LogP contribution in [0.2, 0.25) is 0 Å². The van der Waals surface area contributed by atoms with Crippen LogP contribution in [-0.2, 0) is 6.54 Å². The van der Waals surface area contributed by atoms with Gasteiger partial charge in [0.15, 0.2) is 0 Å². The SMILES string of the molecule is CC(c1cccs1)N(C)c1ccnc(CNC(C)(C)C)c1. The van der Waals surface area contributed by atoms with E-state index in [1.807, 2.05) is 6.20 Å². The third kappa shape index (κ3) is 4.55. The number of hydrogen-bond acceptors (Lipinski definition) is 4. The third-order valence-electron chi connectivity index (χ3n) is 3.54. The Morgan fingerprint density at radius 2 is 2.10 bits per heavy atom. The van der Waals surface area contributed by atoms with E-state index in [2.05, 4.69) is 79.6 Å². The predicted molar refractivity (Wildman–Crippen MR) is 92.0 cm³/mol. The van der Waals surface area contributed by atoms with Crippen molar-refractivity contribution in [3.8, 4) is 0 Å². The average Bonchev–Trinajstić information content (AvgIpc) is 2.97. The monoisotopic (exact) mass is 303 g/mol. The first kappa shape index (κ1) is 16.0. The molecule has 0 bridgehead atoms. The summed E-state index contributed by atoms with van der Waals surface area (Å²) in [6, 6.07) is 8.91. The van der Waals surface area contributed by atoms with Crippen molar-refractivity contribution in [2.24, 2.45) is 0 Å². The second-order valence-corrected chi connectivity index (χ2v) is 7.39. The first-order chi connectivity index (χ1) is 9.87. The van der Waals surface area contributed by atoms with Crippen LogP contribution in [0.15, 0.2) is 35.8 Å². The van der Waals surface area contributed by atoms with Crippen LogP contribution >= 0.6 is 11.3 Å². The van der Waals surface area contributed by atoms with E-state index in [4.69, 9.17) is 0 Å². The summed E-state index contributed by atoms with van der Waals surface area (Å²) in [6.07, 6.45) is 1.90. The fourth-order valence-electron chi connectivity index (χ4n) is 2.08. The molecule has 21 heavy (non-hydrogen) atoms. The van der Waals surface area contributed by atoms with Crippen LogP contribution < -0.4 is 10.2 Å². The highest BCUT2D eigenvalue weighted by atomic mass is 32.1. The number of aromatic nitrogens is 1. The van der Waals surface area contributed by atoms with Gasteiger partial charge in [0.05, 0.1) is 11.7 Å². The molecule has 0 saturated heterocycles. The van der Waals surface area contributed by atoms with Crippen molar-refractivity contribution in [2.45, 2.75) is 45.8 Å². The molecule has 2 aromatic rings. The third-order valence-corrected chi connectivity index (χ3v) is 4.59. The molecule has 2 rings (SSSR count). The highest BCUT2D eigenvalue weighted by Gasteiger charge is 2.14. The Balaban J connectivity index is 2.09. The van der Waals surface area contributed by atoms with E-state index >= 15 is 0 Å². The van der Waals surface area contributed by atoms with Crippen LogP contribution in [0.3, 0.4) is 0 Å². The molecule has 1 atom stereocenters. The average molecular weight is 303 g/mol. The molecule has 0 aliphatic rings. The lowest BCUT2D eigenvalue weighted by atomic mass is 10.1. The number of pyridine rings is 1. The van der Waals surface area contributed by atoms with Crippen LogP contribution in [0.4, 0.5) is 5.69 Å². The van der Waals surface area contributed by atoms with Crippen LogP contribution in [0, 0.1) is 0 Å². The molecule has 0 spiro atoms. The predicted octanol–water partition coefficient (Wildman–Crippen LogP) is 4.23. The second-order valence-electron chi connectivity index (χ2n) is 6.41. The topological polar surface area (TPSA) is 28.2 Å².